The fraction of sp³-hybridized carbons (Fsp3) is 0.211. The van der Waals surface area contributed by atoms with Crippen molar-refractivity contribution in [3.63, 3.8) is 0 Å². The van der Waals surface area contributed by atoms with E-state index in [-0.39, 0.29) is 10.6 Å². The van der Waals surface area contributed by atoms with E-state index in [2.05, 4.69) is 9.82 Å². The van der Waals surface area contributed by atoms with E-state index < -0.39 is 21.3 Å². The Balaban J connectivity index is 2.11. The van der Waals surface area contributed by atoms with Crippen molar-refractivity contribution in [2.45, 2.75) is 31.1 Å². The number of hydrogen-bond donors (Lipinski definition) is 1. The smallest absolute Gasteiger partial charge is 0.265 e. The minimum absolute atomic E-state index is 0.0251. The molecule has 1 heterocycles. The third kappa shape index (κ3) is 3.62. The van der Waals surface area contributed by atoms with Crippen LogP contribution in [0.4, 0.5) is 10.1 Å². The molecule has 0 bridgehead atoms. The van der Waals surface area contributed by atoms with Gasteiger partial charge in [-0.15, -0.1) is 0 Å². The van der Waals surface area contributed by atoms with Crippen molar-refractivity contribution in [1.29, 1.82) is 0 Å². The molecule has 26 heavy (non-hydrogen) atoms. The van der Waals surface area contributed by atoms with E-state index in [1.807, 2.05) is 51.1 Å². The molecule has 0 aliphatic heterocycles. The predicted molar refractivity (Wildman–Crippen MR) is 99.5 cm³/mol. The van der Waals surface area contributed by atoms with Gasteiger partial charge in [0, 0.05) is 5.41 Å². The number of benzene rings is 2. The van der Waals surface area contributed by atoms with Crippen LogP contribution in [-0.2, 0) is 15.4 Å². The van der Waals surface area contributed by atoms with E-state index in [1.54, 1.807) is 6.07 Å². The van der Waals surface area contributed by atoms with E-state index in [0.29, 0.717) is 5.69 Å². The van der Waals surface area contributed by atoms with Crippen molar-refractivity contribution in [1.82, 2.24) is 9.78 Å². The highest BCUT2D eigenvalue weighted by molar-refractivity contribution is 7.92. The lowest BCUT2D eigenvalue weighted by molar-refractivity contribution is 0.543. The van der Waals surface area contributed by atoms with Gasteiger partial charge in [-0.05, 0) is 24.3 Å². The molecule has 0 fully saturated rings. The summed E-state index contributed by atoms with van der Waals surface area (Å²) in [7, 11) is -4.01. The Morgan fingerprint density at radius 1 is 1.00 bits per heavy atom. The van der Waals surface area contributed by atoms with Crippen LogP contribution in [0.5, 0.6) is 0 Å². The van der Waals surface area contributed by atoms with Gasteiger partial charge in [0.2, 0.25) is 0 Å². The minimum Gasteiger partial charge on any atom is -0.277 e. The van der Waals surface area contributed by atoms with E-state index in [1.165, 1.54) is 29.1 Å². The lowest BCUT2D eigenvalue weighted by Crippen LogP contribution is -2.20. The van der Waals surface area contributed by atoms with Crippen LogP contribution in [0, 0.1) is 5.82 Å². The Kier molecular flexibility index (Phi) is 4.58. The molecule has 2 aromatic carbocycles. The van der Waals surface area contributed by atoms with Crippen LogP contribution in [0.1, 0.15) is 26.5 Å². The number of para-hydroxylation sites is 2. The molecule has 0 atom stereocenters. The molecule has 0 unspecified atom stereocenters. The number of anilines is 1. The number of halogens is 1. The standard InChI is InChI=1S/C19H20FN3O2S/c1-19(2,3)18-17(13-23(21-18)14-9-5-4-6-10-14)26(24,25)22-16-12-8-7-11-15(16)20/h4-13,22H,1-3H3. The van der Waals surface area contributed by atoms with Crippen molar-refractivity contribution in [2.75, 3.05) is 4.72 Å². The highest BCUT2D eigenvalue weighted by atomic mass is 32.2. The summed E-state index contributed by atoms with van der Waals surface area (Å²) < 4.78 is 43.6. The maximum atomic E-state index is 13.9. The first-order chi connectivity index (χ1) is 12.2. The molecule has 0 aliphatic rings. The summed E-state index contributed by atoms with van der Waals surface area (Å²) in [6.07, 6.45) is 1.46. The molecule has 0 amide bonds. The maximum Gasteiger partial charge on any atom is 0.265 e. The molecule has 7 heteroatoms. The van der Waals surface area contributed by atoms with E-state index >= 15 is 0 Å². The molecule has 0 spiro atoms. The second kappa shape index (κ2) is 6.57. The van der Waals surface area contributed by atoms with Gasteiger partial charge in [-0.1, -0.05) is 51.1 Å². The maximum absolute atomic E-state index is 13.9. The minimum atomic E-state index is -4.01. The Labute approximate surface area is 152 Å². The average Bonchev–Trinajstić information content (AvgIpc) is 3.04. The van der Waals surface area contributed by atoms with Crippen LogP contribution < -0.4 is 4.72 Å². The Morgan fingerprint density at radius 2 is 1.62 bits per heavy atom. The molecule has 0 radical (unpaired) electrons. The van der Waals surface area contributed by atoms with Gasteiger partial charge in [0.1, 0.15) is 10.7 Å². The SMILES string of the molecule is CC(C)(C)c1nn(-c2ccccc2)cc1S(=O)(=O)Nc1ccccc1F. The van der Waals surface area contributed by atoms with Gasteiger partial charge in [-0.25, -0.2) is 17.5 Å². The first-order valence-electron chi connectivity index (χ1n) is 8.11. The third-order valence-electron chi connectivity index (χ3n) is 3.82. The quantitative estimate of drug-likeness (QED) is 0.748. The predicted octanol–water partition coefficient (Wildman–Crippen LogP) is 4.11. The molecule has 1 aromatic heterocycles. The molecular formula is C19H20FN3O2S. The summed E-state index contributed by atoms with van der Waals surface area (Å²) in [4.78, 5) is 0.0251. The highest BCUT2D eigenvalue weighted by Gasteiger charge is 2.30. The summed E-state index contributed by atoms with van der Waals surface area (Å²) in [6.45, 7) is 5.65. The van der Waals surface area contributed by atoms with E-state index in [0.717, 1.165) is 5.69 Å². The molecule has 0 saturated carbocycles. The van der Waals surface area contributed by atoms with Gasteiger partial charge in [0.25, 0.3) is 10.0 Å². The van der Waals surface area contributed by atoms with Gasteiger partial charge < -0.3 is 0 Å². The summed E-state index contributed by atoms with van der Waals surface area (Å²) >= 11 is 0. The van der Waals surface area contributed by atoms with Crippen LogP contribution in [0.2, 0.25) is 0 Å². The topological polar surface area (TPSA) is 64.0 Å². The van der Waals surface area contributed by atoms with Crippen LogP contribution >= 0.6 is 0 Å². The first-order valence-corrected chi connectivity index (χ1v) is 9.60. The zero-order valence-electron chi connectivity index (χ0n) is 14.8. The molecule has 0 saturated heterocycles. The molecule has 5 nitrogen and oxygen atoms in total. The van der Waals surface area contributed by atoms with Crippen LogP contribution in [0.25, 0.3) is 5.69 Å². The van der Waals surface area contributed by atoms with Gasteiger partial charge >= 0.3 is 0 Å². The summed E-state index contributed by atoms with van der Waals surface area (Å²) in [5, 5.41) is 4.49. The number of aromatic nitrogens is 2. The van der Waals surface area contributed by atoms with Crippen LogP contribution in [0.15, 0.2) is 65.7 Å². The lowest BCUT2D eigenvalue weighted by Gasteiger charge is -2.18. The molecule has 136 valence electrons. The van der Waals surface area contributed by atoms with Crippen molar-refractivity contribution in [3.8, 4) is 5.69 Å². The lowest BCUT2D eigenvalue weighted by atomic mass is 9.92. The monoisotopic (exact) mass is 373 g/mol. The Morgan fingerprint density at radius 3 is 2.23 bits per heavy atom. The van der Waals surface area contributed by atoms with Gasteiger partial charge in [0.05, 0.1) is 23.3 Å². The number of hydrogen-bond acceptors (Lipinski definition) is 3. The third-order valence-corrected chi connectivity index (χ3v) is 5.19. The van der Waals surface area contributed by atoms with E-state index in [4.69, 9.17) is 0 Å². The van der Waals surface area contributed by atoms with Crippen molar-refractivity contribution in [3.05, 3.63) is 72.3 Å². The van der Waals surface area contributed by atoms with Crippen LogP contribution in [-0.4, -0.2) is 18.2 Å². The highest BCUT2D eigenvalue weighted by Crippen LogP contribution is 2.30. The van der Waals surface area contributed by atoms with Crippen molar-refractivity contribution < 1.29 is 12.8 Å². The zero-order chi connectivity index (χ0) is 18.9. The summed E-state index contributed by atoms with van der Waals surface area (Å²) in [5.74, 6) is -0.635. The fourth-order valence-electron chi connectivity index (χ4n) is 2.53. The molecule has 3 rings (SSSR count). The molecular weight excluding hydrogens is 353 g/mol. The van der Waals surface area contributed by atoms with E-state index in [9.17, 15) is 12.8 Å². The number of sulfonamides is 1. The number of rotatable bonds is 4. The van der Waals surface area contributed by atoms with Gasteiger partial charge in [0.15, 0.2) is 0 Å². The molecule has 0 aliphatic carbocycles. The fourth-order valence-corrected chi connectivity index (χ4v) is 3.94. The second-order valence-corrected chi connectivity index (χ2v) is 8.61. The molecule has 1 N–H and O–H groups in total. The first kappa shape index (κ1) is 18.1. The molecule has 3 aromatic rings. The number of nitrogens with zero attached hydrogens (tertiary/aromatic N) is 2. The van der Waals surface area contributed by atoms with Crippen molar-refractivity contribution in [2.24, 2.45) is 0 Å². The van der Waals surface area contributed by atoms with Crippen LogP contribution in [0.3, 0.4) is 0 Å². The average molecular weight is 373 g/mol. The summed E-state index contributed by atoms with van der Waals surface area (Å²) in [6, 6.07) is 14.9. The Hall–Kier alpha value is -2.67. The summed E-state index contributed by atoms with van der Waals surface area (Å²) in [5.41, 5.74) is 0.537. The zero-order valence-corrected chi connectivity index (χ0v) is 15.6. The Bertz CT molecular complexity index is 1020. The largest absolute Gasteiger partial charge is 0.277 e. The van der Waals surface area contributed by atoms with Gasteiger partial charge in [-0.3, -0.25) is 4.72 Å². The second-order valence-electron chi connectivity index (χ2n) is 6.96. The van der Waals surface area contributed by atoms with Crippen molar-refractivity contribution >= 4 is 15.7 Å². The number of nitrogens with one attached hydrogen (secondary N) is 1. The normalized spacial score (nSPS) is 12.2. The van der Waals surface area contributed by atoms with Gasteiger partial charge in [-0.2, -0.15) is 5.10 Å².